The van der Waals surface area contributed by atoms with E-state index in [0.717, 1.165) is 21.4 Å². The van der Waals surface area contributed by atoms with Crippen LogP contribution in [0.4, 0.5) is 15.8 Å². The Hall–Kier alpha value is -4.52. The van der Waals surface area contributed by atoms with Gasteiger partial charge in [0, 0.05) is 5.92 Å². The minimum absolute atomic E-state index is 0.0907. The number of rotatable bonds is 5. The molecule has 0 spiro atoms. The van der Waals surface area contributed by atoms with Crippen molar-refractivity contribution in [3.8, 4) is 11.5 Å². The Balaban J connectivity index is 1.36. The lowest BCUT2D eigenvalue weighted by Gasteiger charge is -2.49. The molecular weight excluding hydrogens is 630 g/mol. The number of halogens is 2. The van der Waals surface area contributed by atoms with E-state index in [-0.39, 0.29) is 46.2 Å². The molecule has 6 atom stereocenters. The summed E-state index contributed by atoms with van der Waals surface area (Å²) in [6, 6.07) is 14.2. The summed E-state index contributed by atoms with van der Waals surface area (Å²) in [4.78, 5) is 58.9. The number of benzene rings is 3. The van der Waals surface area contributed by atoms with E-state index >= 15 is 0 Å². The highest BCUT2D eigenvalue weighted by atomic mass is 35.5. The van der Waals surface area contributed by atoms with Crippen molar-refractivity contribution in [2.45, 2.75) is 25.7 Å². The van der Waals surface area contributed by atoms with Crippen molar-refractivity contribution in [1.82, 2.24) is 0 Å². The summed E-state index contributed by atoms with van der Waals surface area (Å²) in [6.07, 6.45) is 2.17. The van der Waals surface area contributed by atoms with E-state index in [4.69, 9.17) is 16.3 Å². The number of carbonyl (C=O) groups excluding carboxylic acids is 4. The van der Waals surface area contributed by atoms with Crippen LogP contribution in [0, 0.1) is 34.9 Å². The largest absolute Gasteiger partial charge is 0.504 e. The molecule has 1 saturated carbocycles. The lowest BCUT2D eigenvalue weighted by Crippen LogP contribution is -2.48. The molecule has 2 heterocycles. The number of hydrogen-bond acceptors (Lipinski definition) is 8. The van der Waals surface area contributed by atoms with Gasteiger partial charge in [0.1, 0.15) is 5.82 Å². The fourth-order valence-electron chi connectivity index (χ4n) is 8.22. The van der Waals surface area contributed by atoms with Crippen molar-refractivity contribution < 1.29 is 43.5 Å². The van der Waals surface area contributed by atoms with Gasteiger partial charge in [0.05, 0.1) is 46.7 Å². The molecular formula is C34H29BClFN2O8. The van der Waals surface area contributed by atoms with Gasteiger partial charge in [-0.05, 0) is 79.2 Å². The van der Waals surface area contributed by atoms with Crippen LogP contribution in [0.1, 0.15) is 31.2 Å². The Morgan fingerprint density at radius 3 is 2.38 bits per heavy atom. The third-order valence-corrected chi connectivity index (χ3v) is 10.7. The predicted molar refractivity (Wildman–Crippen MR) is 169 cm³/mol. The summed E-state index contributed by atoms with van der Waals surface area (Å²) in [6.45, 7) is 1.70. The zero-order valence-corrected chi connectivity index (χ0v) is 26.0. The first-order chi connectivity index (χ1) is 22.4. The monoisotopic (exact) mass is 658 g/mol. The van der Waals surface area contributed by atoms with Gasteiger partial charge in [-0.2, -0.15) is 0 Å². The van der Waals surface area contributed by atoms with Crippen molar-refractivity contribution in [3.63, 3.8) is 0 Å². The van der Waals surface area contributed by atoms with Gasteiger partial charge in [0.15, 0.2) is 11.5 Å². The Labute approximate surface area is 274 Å². The van der Waals surface area contributed by atoms with E-state index in [1.165, 1.54) is 43.5 Å². The number of ether oxygens (including phenoxy) is 1. The molecule has 13 heteroatoms. The fraction of sp³-hybridized carbons (Fsp3) is 0.294. The van der Waals surface area contributed by atoms with E-state index < -0.39 is 71.6 Å². The number of fused-ring (bicyclic) bond motifs is 4. The molecule has 47 heavy (non-hydrogen) atoms. The normalized spacial score (nSPS) is 28.2. The molecule has 0 aromatic heterocycles. The molecule has 2 saturated heterocycles. The SMILES string of the molecule is COc1cc(C2C3=CCC4C(=O)N(c5cccc(B(O)O)c5)C(=O)C4C3CC3C(=O)N(c4ccc(F)c(Cl)c4)C(=O)C32C)ccc1O. The van der Waals surface area contributed by atoms with E-state index in [1.807, 2.05) is 6.08 Å². The van der Waals surface area contributed by atoms with Gasteiger partial charge < -0.3 is 19.9 Å². The zero-order valence-electron chi connectivity index (χ0n) is 25.3. The summed E-state index contributed by atoms with van der Waals surface area (Å²) in [5.74, 6) is -6.55. The first-order valence-corrected chi connectivity index (χ1v) is 15.5. The second-order valence-corrected chi connectivity index (χ2v) is 13.1. The number of phenols is 1. The van der Waals surface area contributed by atoms with Crippen LogP contribution < -0.4 is 20.0 Å². The first-order valence-electron chi connectivity index (χ1n) is 15.1. The molecule has 2 aliphatic heterocycles. The van der Waals surface area contributed by atoms with Crippen LogP contribution in [0.2, 0.25) is 5.02 Å². The van der Waals surface area contributed by atoms with Crippen LogP contribution >= 0.6 is 11.6 Å². The molecule has 3 fully saturated rings. The molecule has 3 aromatic rings. The Morgan fingerprint density at radius 2 is 1.68 bits per heavy atom. The van der Waals surface area contributed by atoms with Gasteiger partial charge in [0.2, 0.25) is 23.6 Å². The Bertz CT molecular complexity index is 1920. The molecule has 10 nitrogen and oxygen atoms in total. The highest BCUT2D eigenvalue weighted by molar-refractivity contribution is 6.58. The fourth-order valence-corrected chi connectivity index (χ4v) is 8.39. The van der Waals surface area contributed by atoms with Gasteiger partial charge >= 0.3 is 7.12 Å². The predicted octanol–water partition coefficient (Wildman–Crippen LogP) is 3.31. The number of hydrogen-bond donors (Lipinski definition) is 3. The van der Waals surface area contributed by atoms with Crippen molar-refractivity contribution in [1.29, 1.82) is 0 Å². The average molecular weight is 659 g/mol. The third kappa shape index (κ3) is 4.46. The van der Waals surface area contributed by atoms with Crippen molar-refractivity contribution in [3.05, 3.63) is 88.7 Å². The maximum Gasteiger partial charge on any atom is 0.488 e. The maximum absolute atomic E-state index is 14.5. The Kier molecular flexibility index (Phi) is 7.30. The summed E-state index contributed by atoms with van der Waals surface area (Å²) in [5.41, 5.74) is 0.353. The van der Waals surface area contributed by atoms with E-state index in [1.54, 1.807) is 25.1 Å². The molecule has 0 bridgehead atoms. The van der Waals surface area contributed by atoms with E-state index in [2.05, 4.69) is 0 Å². The van der Waals surface area contributed by atoms with Gasteiger partial charge in [-0.1, -0.05) is 41.4 Å². The molecule has 6 unspecified atom stereocenters. The number of anilines is 2. The van der Waals surface area contributed by atoms with Crippen LogP contribution in [-0.2, 0) is 19.2 Å². The number of allylic oxidation sites excluding steroid dienone is 2. The minimum atomic E-state index is -1.80. The second kappa shape index (κ2) is 11.0. The molecule has 0 radical (unpaired) electrons. The molecule has 4 amide bonds. The number of carbonyl (C=O) groups is 4. The van der Waals surface area contributed by atoms with Gasteiger partial charge in [0.25, 0.3) is 0 Å². The van der Waals surface area contributed by atoms with Crippen molar-refractivity contribution >= 4 is 59.2 Å². The third-order valence-electron chi connectivity index (χ3n) is 10.4. The smallest absolute Gasteiger partial charge is 0.488 e. The number of methoxy groups -OCH3 is 1. The highest BCUT2D eigenvalue weighted by Gasteiger charge is 2.67. The van der Waals surface area contributed by atoms with E-state index in [9.17, 15) is 38.7 Å². The highest BCUT2D eigenvalue weighted by Crippen LogP contribution is 2.64. The summed E-state index contributed by atoms with van der Waals surface area (Å²) in [5, 5.41) is 29.6. The Morgan fingerprint density at radius 1 is 0.936 bits per heavy atom. The number of imide groups is 2. The number of amides is 4. The average Bonchev–Trinajstić information content (AvgIpc) is 3.42. The first kappa shape index (κ1) is 31.1. The van der Waals surface area contributed by atoms with Crippen molar-refractivity contribution in [2.24, 2.45) is 29.1 Å². The van der Waals surface area contributed by atoms with Gasteiger partial charge in [-0.3, -0.25) is 24.1 Å². The molecule has 3 aromatic carbocycles. The summed E-state index contributed by atoms with van der Waals surface area (Å²) >= 11 is 6.06. The molecule has 7 rings (SSSR count). The maximum atomic E-state index is 14.5. The summed E-state index contributed by atoms with van der Waals surface area (Å²) < 4.78 is 19.5. The number of nitrogens with zero attached hydrogens (tertiary/aromatic N) is 2. The van der Waals surface area contributed by atoms with Crippen LogP contribution in [-0.4, -0.2) is 53.0 Å². The lowest BCUT2D eigenvalue weighted by molar-refractivity contribution is -0.131. The van der Waals surface area contributed by atoms with Crippen LogP contribution in [0.5, 0.6) is 11.5 Å². The zero-order chi connectivity index (χ0) is 33.5. The van der Waals surface area contributed by atoms with Crippen molar-refractivity contribution in [2.75, 3.05) is 16.9 Å². The van der Waals surface area contributed by atoms with Gasteiger partial charge in [-0.15, -0.1) is 0 Å². The molecule has 2 aliphatic carbocycles. The quantitative estimate of drug-likeness (QED) is 0.215. The summed E-state index contributed by atoms with van der Waals surface area (Å²) in [7, 11) is -0.411. The number of aromatic hydroxyl groups is 1. The number of phenolic OH excluding ortho intramolecular Hbond substituents is 1. The topological polar surface area (TPSA) is 145 Å². The second-order valence-electron chi connectivity index (χ2n) is 12.7. The van der Waals surface area contributed by atoms with Crippen LogP contribution in [0.15, 0.2) is 72.3 Å². The minimum Gasteiger partial charge on any atom is -0.504 e. The van der Waals surface area contributed by atoms with Crippen LogP contribution in [0.25, 0.3) is 0 Å². The standard InChI is InChI=1S/C34H29BClFN2O8/c1-34-23(31(42)39(33(34)44)19-7-10-25(37)24(36)14-19)15-22-20(29(34)16-6-11-26(40)27(12-16)47-2)8-9-21-28(22)32(43)38(30(21)41)18-5-3-4-17(13-18)35(45)46/h3-8,10-14,21-23,28-29,40,45-46H,9,15H2,1-2H3. The molecule has 3 N–H and O–H groups in total. The van der Waals surface area contributed by atoms with E-state index in [0.29, 0.717) is 5.56 Å². The molecule has 240 valence electrons. The van der Waals surface area contributed by atoms with Gasteiger partial charge in [-0.25, -0.2) is 9.29 Å². The van der Waals surface area contributed by atoms with Crippen LogP contribution in [0.3, 0.4) is 0 Å². The molecule has 4 aliphatic rings. The lowest BCUT2D eigenvalue weighted by atomic mass is 9.51.